The van der Waals surface area contributed by atoms with Gasteiger partial charge in [-0.05, 0) is 51.6 Å². The number of carbonyl (C=O) groups is 1. The fourth-order valence-corrected chi connectivity index (χ4v) is 2.28. The summed E-state index contributed by atoms with van der Waals surface area (Å²) in [6.07, 6.45) is 4.81. The van der Waals surface area contributed by atoms with Crippen molar-refractivity contribution in [1.82, 2.24) is 4.90 Å². The van der Waals surface area contributed by atoms with E-state index in [2.05, 4.69) is 4.90 Å². The van der Waals surface area contributed by atoms with Gasteiger partial charge in [0, 0.05) is 6.54 Å². The predicted molar refractivity (Wildman–Crippen MR) is 58.5 cm³/mol. The van der Waals surface area contributed by atoms with Crippen molar-refractivity contribution in [2.75, 3.05) is 26.2 Å². The minimum atomic E-state index is 0.0172. The number of piperidine rings is 1. The lowest BCUT2D eigenvalue weighted by molar-refractivity contribution is -0.149. The van der Waals surface area contributed by atoms with Crippen LogP contribution in [-0.4, -0.2) is 37.1 Å². The molecule has 0 unspecified atom stereocenters. The minimum Gasteiger partial charge on any atom is -0.466 e. The van der Waals surface area contributed by atoms with E-state index >= 15 is 0 Å². The molecule has 1 saturated heterocycles. The second-order valence-electron chi connectivity index (χ2n) is 4.77. The zero-order chi connectivity index (χ0) is 10.7. The molecule has 0 bridgehead atoms. The summed E-state index contributed by atoms with van der Waals surface area (Å²) >= 11 is 0. The number of hydrogen-bond acceptors (Lipinski definition) is 3. The Labute approximate surface area is 91.8 Å². The van der Waals surface area contributed by atoms with Gasteiger partial charge in [-0.15, -0.1) is 0 Å². The summed E-state index contributed by atoms with van der Waals surface area (Å²) in [7, 11) is 0. The SMILES string of the molecule is CCOC(=O)C1CCN(CC2CC2)CC1. The molecule has 3 heteroatoms. The normalized spacial score (nSPS) is 24.1. The van der Waals surface area contributed by atoms with Gasteiger partial charge in [0.15, 0.2) is 0 Å². The molecule has 15 heavy (non-hydrogen) atoms. The van der Waals surface area contributed by atoms with Gasteiger partial charge < -0.3 is 9.64 Å². The van der Waals surface area contributed by atoms with Gasteiger partial charge in [0.05, 0.1) is 12.5 Å². The number of hydrogen-bond donors (Lipinski definition) is 0. The number of carbonyl (C=O) groups excluding carboxylic acids is 1. The molecular weight excluding hydrogens is 190 g/mol. The van der Waals surface area contributed by atoms with Gasteiger partial charge in [0.2, 0.25) is 0 Å². The van der Waals surface area contributed by atoms with Gasteiger partial charge >= 0.3 is 5.97 Å². The molecule has 0 aromatic carbocycles. The first kappa shape index (κ1) is 10.9. The molecule has 0 amide bonds. The van der Waals surface area contributed by atoms with Crippen LogP contribution in [-0.2, 0) is 9.53 Å². The Bertz CT molecular complexity index is 218. The van der Waals surface area contributed by atoms with Crippen molar-refractivity contribution in [3.8, 4) is 0 Å². The summed E-state index contributed by atoms with van der Waals surface area (Å²) in [6.45, 7) is 5.82. The van der Waals surface area contributed by atoms with Gasteiger partial charge in [-0.1, -0.05) is 0 Å². The number of ether oxygens (including phenoxy) is 1. The average Bonchev–Trinajstić information content (AvgIpc) is 3.03. The molecule has 2 fully saturated rings. The third-order valence-corrected chi connectivity index (χ3v) is 3.42. The molecule has 0 aromatic heterocycles. The maximum atomic E-state index is 11.5. The van der Waals surface area contributed by atoms with E-state index in [1.807, 2.05) is 6.92 Å². The van der Waals surface area contributed by atoms with E-state index in [1.165, 1.54) is 19.4 Å². The molecule has 0 atom stereocenters. The molecule has 1 saturated carbocycles. The second-order valence-corrected chi connectivity index (χ2v) is 4.77. The maximum Gasteiger partial charge on any atom is 0.309 e. The van der Waals surface area contributed by atoms with Crippen LogP contribution in [0.1, 0.15) is 32.6 Å². The number of rotatable bonds is 4. The van der Waals surface area contributed by atoms with Crippen LogP contribution in [0.4, 0.5) is 0 Å². The summed E-state index contributed by atoms with van der Waals surface area (Å²) < 4.78 is 5.05. The first-order chi connectivity index (χ1) is 7.29. The van der Waals surface area contributed by atoms with Crippen LogP contribution in [0, 0.1) is 11.8 Å². The molecule has 1 aliphatic heterocycles. The van der Waals surface area contributed by atoms with Gasteiger partial charge in [0.25, 0.3) is 0 Å². The lowest BCUT2D eigenvalue weighted by Gasteiger charge is -2.30. The molecule has 2 rings (SSSR count). The molecule has 86 valence electrons. The highest BCUT2D eigenvalue weighted by atomic mass is 16.5. The van der Waals surface area contributed by atoms with Crippen LogP contribution in [0.2, 0.25) is 0 Å². The summed E-state index contributed by atoms with van der Waals surface area (Å²) in [6, 6.07) is 0. The lowest BCUT2D eigenvalue weighted by atomic mass is 9.97. The van der Waals surface area contributed by atoms with Crippen molar-refractivity contribution in [3.05, 3.63) is 0 Å². The summed E-state index contributed by atoms with van der Waals surface area (Å²) in [5, 5.41) is 0. The third kappa shape index (κ3) is 3.20. The highest BCUT2D eigenvalue weighted by molar-refractivity contribution is 5.72. The average molecular weight is 211 g/mol. The first-order valence-corrected chi connectivity index (χ1v) is 6.18. The van der Waals surface area contributed by atoms with Crippen LogP contribution in [0.25, 0.3) is 0 Å². The lowest BCUT2D eigenvalue weighted by Crippen LogP contribution is -2.37. The van der Waals surface area contributed by atoms with Crippen molar-refractivity contribution in [2.45, 2.75) is 32.6 Å². The topological polar surface area (TPSA) is 29.5 Å². The van der Waals surface area contributed by atoms with Crippen LogP contribution < -0.4 is 0 Å². The Morgan fingerprint density at radius 1 is 1.27 bits per heavy atom. The van der Waals surface area contributed by atoms with Crippen LogP contribution >= 0.6 is 0 Å². The van der Waals surface area contributed by atoms with E-state index in [0.717, 1.165) is 31.8 Å². The monoisotopic (exact) mass is 211 g/mol. The molecule has 0 radical (unpaired) electrons. The van der Waals surface area contributed by atoms with E-state index < -0.39 is 0 Å². The van der Waals surface area contributed by atoms with E-state index in [1.54, 1.807) is 0 Å². The Hall–Kier alpha value is -0.570. The van der Waals surface area contributed by atoms with Crippen molar-refractivity contribution < 1.29 is 9.53 Å². The molecule has 3 nitrogen and oxygen atoms in total. The molecule has 2 aliphatic rings. The van der Waals surface area contributed by atoms with E-state index in [0.29, 0.717) is 6.61 Å². The number of esters is 1. The van der Waals surface area contributed by atoms with E-state index in [-0.39, 0.29) is 11.9 Å². The second kappa shape index (κ2) is 4.97. The zero-order valence-electron chi connectivity index (χ0n) is 9.58. The van der Waals surface area contributed by atoms with E-state index in [9.17, 15) is 4.79 Å². The molecular formula is C12H21NO2. The quantitative estimate of drug-likeness (QED) is 0.662. The first-order valence-electron chi connectivity index (χ1n) is 6.18. The van der Waals surface area contributed by atoms with Crippen LogP contribution in [0.5, 0.6) is 0 Å². The fraction of sp³-hybridized carbons (Fsp3) is 0.917. The Balaban J connectivity index is 1.68. The van der Waals surface area contributed by atoms with Crippen molar-refractivity contribution in [3.63, 3.8) is 0 Å². The van der Waals surface area contributed by atoms with Crippen molar-refractivity contribution in [1.29, 1.82) is 0 Å². The number of likely N-dealkylation sites (tertiary alicyclic amines) is 1. The molecule has 0 N–H and O–H groups in total. The molecule has 0 aromatic rings. The smallest absolute Gasteiger partial charge is 0.309 e. The standard InChI is InChI=1S/C12H21NO2/c1-2-15-12(14)11-5-7-13(8-6-11)9-10-3-4-10/h10-11H,2-9H2,1H3. The van der Waals surface area contributed by atoms with Crippen LogP contribution in [0.3, 0.4) is 0 Å². The molecule has 0 spiro atoms. The Kier molecular flexibility index (Phi) is 3.62. The fourth-order valence-electron chi connectivity index (χ4n) is 2.28. The van der Waals surface area contributed by atoms with Crippen LogP contribution in [0.15, 0.2) is 0 Å². The minimum absolute atomic E-state index is 0.0172. The maximum absolute atomic E-state index is 11.5. The summed E-state index contributed by atoms with van der Waals surface area (Å²) in [5.41, 5.74) is 0. The van der Waals surface area contributed by atoms with Crippen molar-refractivity contribution in [2.24, 2.45) is 11.8 Å². The predicted octanol–water partition coefficient (Wildman–Crippen LogP) is 1.67. The largest absolute Gasteiger partial charge is 0.466 e. The Morgan fingerprint density at radius 3 is 2.47 bits per heavy atom. The summed E-state index contributed by atoms with van der Waals surface area (Å²) in [4.78, 5) is 14.0. The van der Waals surface area contributed by atoms with Gasteiger partial charge in [-0.2, -0.15) is 0 Å². The highest BCUT2D eigenvalue weighted by Gasteiger charge is 2.29. The molecule has 1 aliphatic carbocycles. The zero-order valence-corrected chi connectivity index (χ0v) is 9.58. The van der Waals surface area contributed by atoms with Crippen molar-refractivity contribution >= 4 is 5.97 Å². The number of nitrogens with zero attached hydrogens (tertiary/aromatic N) is 1. The summed E-state index contributed by atoms with van der Waals surface area (Å²) in [5.74, 6) is 1.15. The highest BCUT2D eigenvalue weighted by Crippen LogP contribution is 2.31. The van der Waals surface area contributed by atoms with Gasteiger partial charge in [-0.25, -0.2) is 0 Å². The van der Waals surface area contributed by atoms with Gasteiger partial charge in [0.1, 0.15) is 0 Å². The Morgan fingerprint density at radius 2 is 1.93 bits per heavy atom. The van der Waals surface area contributed by atoms with E-state index in [4.69, 9.17) is 4.74 Å². The van der Waals surface area contributed by atoms with Gasteiger partial charge in [-0.3, -0.25) is 4.79 Å². The molecule has 1 heterocycles. The third-order valence-electron chi connectivity index (χ3n) is 3.42.